The molecule has 0 amide bonds. The standard InChI is InChI=1S/C23H17N5O/c1-28-14-19(13-25-28)15-4-7-22-18(9-15)11-20(26-27-22)12-23(29)17-5-6-21-16(10-17)3-2-8-24-21/h2-11,13-14H,12H2,1H3. The molecule has 3 aromatic heterocycles. The van der Waals surface area contributed by atoms with Crippen molar-refractivity contribution in [1.29, 1.82) is 0 Å². The topological polar surface area (TPSA) is 73.6 Å². The largest absolute Gasteiger partial charge is 0.294 e. The molecular weight excluding hydrogens is 362 g/mol. The molecule has 0 saturated carbocycles. The van der Waals surface area contributed by atoms with Crippen molar-refractivity contribution in [3.8, 4) is 11.1 Å². The van der Waals surface area contributed by atoms with Crippen LogP contribution in [0.1, 0.15) is 16.1 Å². The van der Waals surface area contributed by atoms with Gasteiger partial charge in [-0.3, -0.25) is 14.5 Å². The number of fused-ring (bicyclic) bond motifs is 2. The Balaban J connectivity index is 1.45. The highest BCUT2D eigenvalue weighted by Gasteiger charge is 2.11. The first-order valence-electron chi connectivity index (χ1n) is 9.29. The fourth-order valence-corrected chi connectivity index (χ4v) is 3.44. The summed E-state index contributed by atoms with van der Waals surface area (Å²) < 4.78 is 1.77. The molecule has 0 aliphatic carbocycles. The lowest BCUT2D eigenvalue weighted by molar-refractivity contribution is 0.0992. The highest BCUT2D eigenvalue weighted by Crippen LogP contribution is 2.23. The first-order valence-corrected chi connectivity index (χ1v) is 9.29. The number of ketones is 1. The van der Waals surface area contributed by atoms with Gasteiger partial charge in [0.25, 0.3) is 0 Å². The van der Waals surface area contributed by atoms with Crippen LogP contribution in [0.25, 0.3) is 32.9 Å². The third kappa shape index (κ3) is 3.36. The number of aromatic nitrogens is 5. The molecule has 0 bridgehead atoms. The molecule has 5 aromatic rings. The average molecular weight is 379 g/mol. The van der Waals surface area contributed by atoms with Gasteiger partial charge in [0.15, 0.2) is 5.78 Å². The third-order valence-corrected chi connectivity index (χ3v) is 4.94. The Morgan fingerprint density at radius 1 is 0.931 bits per heavy atom. The van der Waals surface area contributed by atoms with Gasteiger partial charge in [0, 0.05) is 41.3 Å². The molecular formula is C23H17N5O. The number of aryl methyl sites for hydroxylation is 1. The van der Waals surface area contributed by atoms with Crippen molar-refractivity contribution in [2.75, 3.05) is 0 Å². The lowest BCUT2D eigenvalue weighted by Crippen LogP contribution is -2.06. The molecule has 0 atom stereocenters. The molecule has 3 heterocycles. The molecule has 0 aliphatic rings. The van der Waals surface area contributed by atoms with Gasteiger partial charge in [0.1, 0.15) is 0 Å². The average Bonchev–Trinajstić information content (AvgIpc) is 3.19. The van der Waals surface area contributed by atoms with E-state index in [1.165, 1.54) is 0 Å². The van der Waals surface area contributed by atoms with Crippen LogP contribution in [-0.4, -0.2) is 30.7 Å². The van der Waals surface area contributed by atoms with Gasteiger partial charge in [-0.1, -0.05) is 12.1 Å². The Bertz CT molecular complexity index is 1370. The van der Waals surface area contributed by atoms with Crippen molar-refractivity contribution >= 4 is 27.6 Å². The Morgan fingerprint density at radius 3 is 2.69 bits per heavy atom. The number of hydrogen-bond donors (Lipinski definition) is 0. The summed E-state index contributed by atoms with van der Waals surface area (Å²) in [5.41, 5.74) is 5.06. The summed E-state index contributed by atoms with van der Waals surface area (Å²) >= 11 is 0. The SMILES string of the molecule is Cn1cc(-c2ccc3nnc(CC(=O)c4ccc5ncccc5c4)cc3c2)cn1. The first kappa shape index (κ1) is 17.2. The second-order valence-corrected chi connectivity index (χ2v) is 7.02. The Labute approximate surface area is 166 Å². The van der Waals surface area contributed by atoms with Gasteiger partial charge in [-0.2, -0.15) is 15.3 Å². The maximum absolute atomic E-state index is 12.8. The van der Waals surface area contributed by atoms with Crippen molar-refractivity contribution in [3.05, 3.63) is 84.4 Å². The van der Waals surface area contributed by atoms with Crippen LogP contribution >= 0.6 is 0 Å². The number of hydrogen-bond acceptors (Lipinski definition) is 5. The molecule has 0 unspecified atom stereocenters. The molecule has 0 N–H and O–H groups in total. The molecule has 0 saturated heterocycles. The predicted octanol–water partition coefficient (Wildman–Crippen LogP) is 4.00. The fourth-order valence-electron chi connectivity index (χ4n) is 3.44. The smallest absolute Gasteiger partial charge is 0.168 e. The van der Waals surface area contributed by atoms with Crippen LogP contribution in [0.15, 0.2) is 73.2 Å². The van der Waals surface area contributed by atoms with Crippen molar-refractivity contribution in [3.63, 3.8) is 0 Å². The van der Waals surface area contributed by atoms with Gasteiger partial charge in [-0.25, -0.2) is 0 Å². The number of carbonyl (C=O) groups excluding carboxylic acids is 1. The zero-order chi connectivity index (χ0) is 19.8. The van der Waals surface area contributed by atoms with Crippen LogP contribution < -0.4 is 0 Å². The number of pyridine rings is 1. The lowest BCUT2D eigenvalue weighted by Gasteiger charge is -2.05. The fraction of sp³-hybridized carbons (Fsp3) is 0.0870. The van der Waals surface area contributed by atoms with Gasteiger partial charge in [-0.05, 0) is 48.0 Å². The summed E-state index contributed by atoms with van der Waals surface area (Å²) in [7, 11) is 1.89. The minimum Gasteiger partial charge on any atom is -0.294 e. The van der Waals surface area contributed by atoms with E-state index >= 15 is 0 Å². The normalized spacial score (nSPS) is 11.2. The van der Waals surface area contributed by atoms with E-state index in [1.54, 1.807) is 10.9 Å². The van der Waals surface area contributed by atoms with E-state index in [0.717, 1.165) is 32.9 Å². The van der Waals surface area contributed by atoms with E-state index < -0.39 is 0 Å². The van der Waals surface area contributed by atoms with Crippen LogP contribution in [0.4, 0.5) is 0 Å². The van der Waals surface area contributed by atoms with Gasteiger partial charge in [-0.15, -0.1) is 0 Å². The van der Waals surface area contributed by atoms with Crippen LogP contribution in [-0.2, 0) is 13.5 Å². The molecule has 6 heteroatoms. The van der Waals surface area contributed by atoms with E-state index in [-0.39, 0.29) is 12.2 Å². The second kappa shape index (κ2) is 6.91. The predicted molar refractivity (Wildman–Crippen MR) is 112 cm³/mol. The first-order chi connectivity index (χ1) is 14.2. The molecule has 0 radical (unpaired) electrons. The van der Waals surface area contributed by atoms with Crippen molar-refractivity contribution in [2.45, 2.75) is 6.42 Å². The molecule has 6 nitrogen and oxygen atoms in total. The lowest BCUT2D eigenvalue weighted by atomic mass is 10.0. The van der Waals surface area contributed by atoms with E-state index in [0.29, 0.717) is 11.3 Å². The van der Waals surface area contributed by atoms with Crippen molar-refractivity contribution in [1.82, 2.24) is 25.0 Å². The maximum atomic E-state index is 12.8. The molecule has 0 aliphatic heterocycles. The van der Waals surface area contributed by atoms with E-state index in [1.807, 2.05) is 68.0 Å². The Morgan fingerprint density at radius 2 is 1.83 bits per heavy atom. The van der Waals surface area contributed by atoms with E-state index in [9.17, 15) is 4.79 Å². The van der Waals surface area contributed by atoms with Gasteiger partial charge >= 0.3 is 0 Å². The van der Waals surface area contributed by atoms with Crippen molar-refractivity contribution < 1.29 is 4.79 Å². The second-order valence-electron chi connectivity index (χ2n) is 7.02. The van der Waals surface area contributed by atoms with Gasteiger partial charge in [0.2, 0.25) is 0 Å². The Kier molecular flexibility index (Phi) is 4.09. The van der Waals surface area contributed by atoms with Crippen LogP contribution in [0.3, 0.4) is 0 Å². The third-order valence-electron chi connectivity index (χ3n) is 4.94. The number of benzene rings is 2. The van der Waals surface area contributed by atoms with Gasteiger partial charge < -0.3 is 0 Å². The zero-order valence-electron chi connectivity index (χ0n) is 15.8. The number of nitrogens with zero attached hydrogens (tertiary/aromatic N) is 5. The molecule has 2 aromatic carbocycles. The summed E-state index contributed by atoms with van der Waals surface area (Å²) in [4.78, 5) is 17.1. The quantitative estimate of drug-likeness (QED) is 0.441. The van der Waals surface area contributed by atoms with Crippen LogP contribution in [0.5, 0.6) is 0 Å². The van der Waals surface area contributed by atoms with Crippen LogP contribution in [0.2, 0.25) is 0 Å². The minimum atomic E-state index is 0.00724. The van der Waals surface area contributed by atoms with E-state index in [4.69, 9.17) is 0 Å². The summed E-state index contributed by atoms with van der Waals surface area (Å²) in [5, 5.41) is 14.7. The van der Waals surface area contributed by atoms with Crippen molar-refractivity contribution in [2.24, 2.45) is 7.05 Å². The summed E-state index contributed by atoms with van der Waals surface area (Å²) in [6, 6.07) is 17.3. The summed E-state index contributed by atoms with van der Waals surface area (Å²) in [6.07, 6.45) is 5.74. The van der Waals surface area contributed by atoms with Gasteiger partial charge in [0.05, 0.1) is 29.3 Å². The Hall–Kier alpha value is -3.93. The molecule has 5 rings (SSSR count). The number of carbonyl (C=O) groups is 1. The molecule has 140 valence electrons. The maximum Gasteiger partial charge on any atom is 0.168 e. The molecule has 0 fully saturated rings. The highest BCUT2D eigenvalue weighted by molar-refractivity contribution is 6.00. The zero-order valence-corrected chi connectivity index (χ0v) is 15.8. The van der Waals surface area contributed by atoms with E-state index in [2.05, 4.69) is 26.3 Å². The number of rotatable bonds is 4. The highest BCUT2D eigenvalue weighted by atomic mass is 16.1. The summed E-state index contributed by atoms with van der Waals surface area (Å²) in [6.45, 7) is 0. The molecule has 0 spiro atoms. The molecule has 29 heavy (non-hydrogen) atoms. The van der Waals surface area contributed by atoms with Crippen LogP contribution in [0, 0.1) is 0 Å². The summed E-state index contributed by atoms with van der Waals surface area (Å²) in [5.74, 6) is 0.00724. The number of Topliss-reactive ketones (excluding diaryl/α,β-unsaturated/α-hetero) is 1. The minimum absolute atomic E-state index is 0.00724. The monoisotopic (exact) mass is 379 g/mol.